The fraction of sp³-hybridized carbons (Fsp3) is 0.143. The number of phenolic OH excluding ortho intramolecular Hbond substituents is 1. The maximum absolute atomic E-state index is 14.0. The molecule has 1 atom stereocenters. The lowest BCUT2D eigenvalue weighted by Gasteiger charge is -2.15. The third-order valence-corrected chi connectivity index (χ3v) is 4.43. The number of hydrogen-bond donors (Lipinski definition) is 1. The Hall–Kier alpha value is -2.83. The van der Waals surface area contributed by atoms with Gasteiger partial charge in [-0.05, 0) is 48.9 Å². The summed E-state index contributed by atoms with van der Waals surface area (Å²) in [5.41, 5.74) is 1.15. The van der Waals surface area contributed by atoms with E-state index in [2.05, 4.69) is 4.98 Å². The highest BCUT2D eigenvalue weighted by Crippen LogP contribution is 2.33. The first-order chi connectivity index (χ1) is 13.8. The van der Waals surface area contributed by atoms with Gasteiger partial charge in [-0.15, -0.1) is 0 Å². The molecule has 150 valence electrons. The van der Waals surface area contributed by atoms with Gasteiger partial charge in [0.2, 0.25) is 0 Å². The smallest absolute Gasteiger partial charge is 0.347 e. The summed E-state index contributed by atoms with van der Waals surface area (Å²) in [7, 11) is 0. The molecular weight excluding hydrogens is 420 g/mol. The van der Waals surface area contributed by atoms with Gasteiger partial charge < -0.3 is 14.6 Å². The quantitative estimate of drug-likeness (QED) is 0.524. The third-order valence-electron chi connectivity index (χ3n) is 3.97. The zero-order valence-electron chi connectivity index (χ0n) is 15.2. The number of nitrogens with zero attached hydrogens (tertiary/aromatic N) is 1. The van der Waals surface area contributed by atoms with E-state index in [1.807, 2.05) is 0 Å². The average molecular weight is 436 g/mol. The minimum atomic E-state index is -0.968. The summed E-state index contributed by atoms with van der Waals surface area (Å²) in [5.74, 6) is -1.44. The van der Waals surface area contributed by atoms with Crippen LogP contribution in [0.5, 0.6) is 11.5 Å². The zero-order chi connectivity index (χ0) is 21.0. The normalized spacial score (nSPS) is 11.7. The van der Waals surface area contributed by atoms with Crippen molar-refractivity contribution >= 4 is 29.2 Å². The Morgan fingerprint density at radius 3 is 2.52 bits per heavy atom. The molecule has 0 fully saturated rings. The molecule has 0 bridgehead atoms. The van der Waals surface area contributed by atoms with Gasteiger partial charge in [-0.25, -0.2) is 9.18 Å². The molecule has 1 aromatic heterocycles. The molecule has 3 rings (SSSR count). The Balaban J connectivity index is 1.64. The van der Waals surface area contributed by atoms with Gasteiger partial charge in [-0.1, -0.05) is 35.3 Å². The highest BCUT2D eigenvalue weighted by atomic mass is 35.5. The molecule has 2 aromatic carbocycles. The van der Waals surface area contributed by atoms with Crippen LogP contribution < -0.4 is 4.74 Å². The topological polar surface area (TPSA) is 68.7 Å². The van der Waals surface area contributed by atoms with Crippen molar-refractivity contribution in [2.45, 2.75) is 19.6 Å². The first-order valence-electron chi connectivity index (χ1n) is 8.55. The molecule has 8 heteroatoms. The molecule has 1 N–H and O–H groups in total. The van der Waals surface area contributed by atoms with Crippen LogP contribution in [0.3, 0.4) is 0 Å². The molecular formula is C21H16Cl2FNO4. The van der Waals surface area contributed by atoms with Crippen LogP contribution >= 0.6 is 23.2 Å². The average Bonchev–Trinajstić information content (AvgIpc) is 2.69. The Labute approximate surface area is 176 Å². The maximum atomic E-state index is 14.0. The lowest BCUT2D eigenvalue weighted by atomic mass is 10.1. The van der Waals surface area contributed by atoms with E-state index in [1.54, 1.807) is 24.3 Å². The standard InChI is InChI=1S/C21H16Cl2FNO4/c1-12(21(27)28-11-13-2-5-15(22)6-3-13)29-19-7-4-14(8-18(19)26)20-17(24)9-16(23)10-25-20/h2-10,12,26H,11H2,1H3/t12-/m1/s1. The van der Waals surface area contributed by atoms with Crippen LogP contribution in [-0.4, -0.2) is 22.2 Å². The van der Waals surface area contributed by atoms with E-state index in [1.165, 1.54) is 31.3 Å². The van der Waals surface area contributed by atoms with Crippen molar-refractivity contribution in [2.75, 3.05) is 0 Å². The molecule has 5 nitrogen and oxygen atoms in total. The summed E-state index contributed by atoms with van der Waals surface area (Å²) in [5, 5.41) is 11.0. The van der Waals surface area contributed by atoms with Crippen molar-refractivity contribution in [1.82, 2.24) is 4.98 Å². The minimum Gasteiger partial charge on any atom is -0.504 e. The number of phenols is 1. The van der Waals surface area contributed by atoms with Gasteiger partial charge in [0.25, 0.3) is 0 Å². The van der Waals surface area contributed by atoms with Crippen LogP contribution in [0.25, 0.3) is 11.3 Å². The number of benzene rings is 2. The van der Waals surface area contributed by atoms with Crippen LogP contribution in [0.2, 0.25) is 10.0 Å². The Bertz CT molecular complexity index is 1030. The summed E-state index contributed by atoms with van der Waals surface area (Å²) in [6, 6.07) is 12.2. The summed E-state index contributed by atoms with van der Waals surface area (Å²) in [4.78, 5) is 16.1. The first-order valence-corrected chi connectivity index (χ1v) is 9.31. The number of rotatable bonds is 6. The number of carbonyl (C=O) groups excluding carboxylic acids is 1. The largest absolute Gasteiger partial charge is 0.504 e. The Morgan fingerprint density at radius 2 is 1.86 bits per heavy atom. The number of pyridine rings is 1. The van der Waals surface area contributed by atoms with Crippen molar-refractivity contribution in [1.29, 1.82) is 0 Å². The monoisotopic (exact) mass is 435 g/mol. The number of carbonyl (C=O) groups is 1. The molecule has 3 aromatic rings. The lowest BCUT2D eigenvalue weighted by molar-refractivity contribution is -0.152. The predicted octanol–water partition coefficient (Wildman–Crippen LogP) is 5.41. The van der Waals surface area contributed by atoms with Crippen molar-refractivity contribution in [3.8, 4) is 22.8 Å². The van der Waals surface area contributed by atoms with Crippen LogP contribution in [0, 0.1) is 5.82 Å². The highest BCUT2D eigenvalue weighted by molar-refractivity contribution is 6.30. The molecule has 0 unspecified atom stereocenters. The van der Waals surface area contributed by atoms with E-state index in [4.69, 9.17) is 32.7 Å². The van der Waals surface area contributed by atoms with Crippen LogP contribution in [0.1, 0.15) is 12.5 Å². The van der Waals surface area contributed by atoms with Gasteiger partial charge in [-0.2, -0.15) is 0 Å². The van der Waals surface area contributed by atoms with Crippen molar-refractivity contribution in [3.63, 3.8) is 0 Å². The fourth-order valence-electron chi connectivity index (χ4n) is 2.48. The van der Waals surface area contributed by atoms with Gasteiger partial charge in [0.1, 0.15) is 12.3 Å². The fourth-order valence-corrected chi connectivity index (χ4v) is 2.75. The summed E-state index contributed by atoms with van der Waals surface area (Å²) < 4.78 is 24.7. The Morgan fingerprint density at radius 1 is 1.14 bits per heavy atom. The van der Waals surface area contributed by atoms with Crippen LogP contribution in [0.15, 0.2) is 54.7 Å². The second kappa shape index (κ2) is 9.11. The van der Waals surface area contributed by atoms with E-state index in [-0.39, 0.29) is 28.8 Å². The van der Waals surface area contributed by atoms with E-state index < -0.39 is 17.9 Å². The van der Waals surface area contributed by atoms with Gasteiger partial charge in [-0.3, -0.25) is 4.98 Å². The molecule has 0 aliphatic carbocycles. The van der Waals surface area contributed by atoms with E-state index >= 15 is 0 Å². The van der Waals surface area contributed by atoms with Gasteiger partial charge in [0.15, 0.2) is 23.4 Å². The molecule has 0 saturated heterocycles. The summed E-state index contributed by atoms with van der Waals surface area (Å²) in [6.07, 6.45) is 0.338. The number of halogens is 3. The van der Waals surface area contributed by atoms with E-state index in [0.29, 0.717) is 10.6 Å². The minimum absolute atomic E-state index is 0.0340. The van der Waals surface area contributed by atoms with Crippen molar-refractivity contribution < 1.29 is 23.8 Å². The molecule has 0 radical (unpaired) electrons. The molecule has 1 heterocycles. The van der Waals surface area contributed by atoms with Gasteiger partial charge in [0, 0.05) is 16.8 Å². The number of ether oxygens (including phenoxy) is 2. The lowest BCUT2D eigenvalue weighted by Crippen LogP contribution is -2.26. The van der Waals surface area contributed by atoms with Crippen molar-refractivity contribution in [3.05, 3.63) is 76.2 Å². The van der Waals surface area contributed by atoms with Gasteiger partial charge in [0.05, 0.1) is 5.02 Å². The summed E-state index contributed by atoms with van der Waals surface area (Å²) in [6.45, 7) is 1.56. The first kappa shape index (κ1) is 20.9. The third kappa shape index (κ3) is 5.37. The molecule has 0 saturated carbocycles. The number of aromatic hydroxyl groups is 1. The molecule has 0 aliphatic rings. The molecule has 0 aliphatic heterocycles. The van der Waals surface area contributed by atoms with Crippen LogP contribution in [-0.2, 0) is 16.1 Å². The zero-order valence-corrected chi connectivity index (χ0v) is 16.7. The highest BCUT2D eigenvalue weighted by Gasteiger charge is 2.19. The van der Waals surface area contributed by atoms with E-state index in [9.17, 15) is 14.3 Å². The van der Waals surface area contributed by atoms with Crippen molar-refractivity contribution in [2.24, 2.45) is 0 Å². The second-order valence-electron chi connectivity index (χ2n) is 6.16. The van der Waals surface area contributed by atoms with Gasteiger partial charge >= 0.3 is 5.97 Å². The Kier molecular flexibility index (Phi) is 6.56. The molecule has 29 heavy (non-hydrogen) atoms. The number of hydrogen-bond acceptors (Lipinski definition) is 5. The molecule has 0 amide bonds. The predicted molar refractivity (Wildman–Crippen MR) is 108 cm³/mol. The number of esters is 1. The van der Waals surface area contributed by atoms with E-state index in [0.717, 1.165) is 11.6 Å². The molecule has 0 spiro atoms. The van der Waals surface area contributed by atoms with Crippen LogP contribution in [0.4, 0.5) is 4.39 Å². The maximum Gasteiger partial charge on any atom is 0.347 e. The summed E-state index contributed by atoms with van der Waals surface area (Å²) >= 11 is 11.5. The second-order valence-corrected chi connectivity index (χ2v) is 7.03. The SMILES string of the molecule is C[C@@H](Oc1ccc(-c2ncc(Cl)cc2F)cc1O)C(=O)OCc1ccc(Cl)cc1. The number of aromatic nitrogens is 1.